The zero-order valence-corrected chi connectivity index (χ0v) is 19.5. The third-order valence-corrected chi connectivity index (χ3v) is 6.55. The molecule has 2 aliphatic heterocycles. The Balaban J connectivity index is 1.35. The van der Waals surface area contributed by atoms with Crippen LogP contribution in [0.2, 0.25) is 0 Å². The molecule has 2 aromatic rings. The van der Waals surface area contributed by atoms with Crippen molar-refractivity contribution in [2.24, 2.45) is 5.92 Å². The molecule has 0 atom stereocenters. The second kappa shape index (κ2) is 11.2. The van der Waals surface area contributed by atoms with Gasteiger partial charge in [-0.05, 0) is 55.9 Å². The first kappa shape index (κ1) is 23.1. The Labute approximate surface area is 196 Å². The molecule has 176 valence electrons. The summed E-state index contributed by atoms with van der Waals surface area (Å²) in [5.41, 5.74) is 1.03. The number of para-hydroxylation sites is 1. The number of ether oxygens (including phenoxy) is 1. The number of carbonyl (C=O) groups is 2. The van der Waals surface area contributed by atoms with Crippen molar-refractivity contribution in [1.29, 1.82) is 0 Å². The highest BCUT2D eigenvalue weighted by Gasteiger charge is 2.19. The van der Waals surface area contributed by atoms with Crippen molar-refractivity contribution in [3.05, 3.63) is 48.2 Å². The average Bonchev–Trinajstić information content (AvgIpc) is 3.13. The van der Waals surface area contributed by atoms with Crippen LogP contribution in [0.5, 0.6) is 5.75 Å². The Hall–Kier alpha value is -3.09. The third kappa shape index (κ3) is 6.24. The van der Waals surface area contributed by atoms with E-state index in [9.17, 15) is 9.59 Å². The van der Waals surface area contributed by atoms with Crippen molar-refractivity contribution in [2.75, 3.05) is 43.0 Å². The second-order valence-electron chi connectivity index (χ2n) is 9.11. The van der Waals surface area contributed by atoms with E-state index in [0.717, 1.165) is 50.8 Å². The third-order valence-electron chi connectivity index (χ3n) is 6.55. The topological polar surface area (TPSA) is 74.8 Å². The summed E-state index contributed by atoms with van der Waals surface area (Å²) in [5.74, 6) is 1.80. The fraction of sp³-hybridized carbons (Fsp3) is 0.500. The zero-order valence-electron chi connectivity index (χ0n) is 19.5. The van der Waals surface area contributed by atoms with Crippen molar-refractivity contribution >= 4 is 23.3 Å². The van der Waals surface area contributed by atoms with Gasteiger partial charge in [0.25, 0.3) is 11.8 Å². The van der Waals surface area contributed by atoms with Gasteiger partial charge in [0, 0.05) is 26.2 Å². The van der Waals surface area contributed by atoms with Crippen LogP contribution in [-0.2, 0) is 4.79 Å². The molecule has 1 aromatic carbocycles. The summed E-state index contributed by atoms with van der Waals surface area (Å²) in [6.07, 6.45) is 8.45. The molecule has 7 nitrogen and oxygen atoms in total. The number of piperidine rings is 1. The van der Waals surface area contributed by atoms with Crippen LogP contribution in [0.4, 0.5) is 11.5 Å². The molecule has 1 aromatic heterocycles. The Morgan fingerprint density at radius 1 is 1.00 bits per heavy atom. The van der Waals surface area contributed by atoms with E-state index < -0.39 is 0 Å². The molecule has 0 bridgehead atoms. The minimum absolute atomic E-state index is 0.0287. The quantitative estimate of drug-likeness (QED) is 0.708. The molecular formula is C26H34N4O3. The zero-order chi connectivity index (χ0) is 23.0. The van der Waals surface area contributed by atoms with Crippen LogP contribution in [0.15, 0.2) is 42.6 Å². The van der Waals surface area contributed by atoms with E-state index in [2.05, 4.69) is 22.1 Å². The molecule has 0 saturated carbocycles. The van der Waals surface area contributed by atoms with Gasteiger partial charge in [-0.1, -0.05) is 31.9 Å². The van der Waals surface area contributed by atoms with Gasteiger partial charge >= 0.3 is 0 Å². The first-order valence-electron chi connectivity index (χ1n) is 12.1. The summed E-state index contributed by atoms with van der Waals surface area (Å²) in [5, 5.41) is 2.90. The maximum atomic E-state index is 12.9. The highest BCUT2D eigenvalue weighted by atomic mass is 16.5. The number of rotatable bonds is 6. The molecule has 2 fully saturated rings. The molecule has 7 heteroatoms. The van der Waals surface area contributed by atoms with Gasteiger partial charge in [0.15, 0.2) is 6.61 Å². The number of hydrogen-bond donors (Lipinski definition) is 1. The van der Waals surface area contributed by atoms with Crippen LogP contribution in [-0.4, -0.2) is 54.5 Å². The van der Waals surface area contributed by atoms with Gasteiger partial charge < -0.3 is 19.9 Å². The number of benzene rings is 1. The minimum atomic E-state index is -0.283. The fourth-order valence-corrected chi connectivity index (χ4v) is 4.41. The van der Waals surface area contributed by atoms with Gasteiger partial charge in [0.1, 0.15) is 11.6 Å². The second-order valence-corrected chi connectivity index (χ2v) is 9.11. The molecule has 1 N–H and O–H groups in total. The van der Waals surface area contributed by atoms with Crippen LogP contribution in [0, 0.1) is 5.92 Å². The van der Waals surface area contributed by atoms with Crippen LogP contribution in [0.25, 0.3) is 0 Å². The number of carbonyl (C=O) groups excluding carboxylic acids is 2. The lowest BCUT2D eigenvalue weighted by molar-refractivity contribution is -0.133. The highest BCUT2D eigenvalue weighted by molar-refractivity contribution is 6.06. The normalized spacial score (nSPS) is 17.4. The lowest BCUT2D eigenvalue weighted by atomic mass is 9.99. The Morgan fingerprint density at radius 3 is 2.42 bits per heavy atom. The van der Waals surface area contributed by atoms with E-state index in [-0.39, 0.29) is 18.4 Å². The number of anilines is 2. The van der Waals surface area contributed by atoms with Gasteiger partial charge in [-0.3, -0.25) is 9.59 Å². The minimum Gasteiger partial charge on any atom is -0.483 e. The first-order chi connectivity index (χ1) is 16.1. The predicted molar refractivity (Wildman–Crippen MR) is 130 cm³/mol. The molecular weight excluding hydrogens is 416 g/mol. The largest absolute Gasteiger partial charge is 0.483 e. The number of pyridine rings is 1. The van der Waals surface area contributed by atoms with Gasteiger partial charge in [0.05, 0.1) is 17.4 Å². The monoisotopic (exact) mass is 450 g/mol. The van der Waals surface area contributed by atoms with E-state index in [4.69, 9.17) is 4.74 Å². The molecule has 2 aliphatic rings. The summed E-state index contributed by atoms with van der Waals surface area (Å²) in [4.78, 5) is 34.2. The molecule has 3 heterocycles. The summed E-state index contributed by atoms with van der Waals surface area (Å²) in [6.45, 7) is 5.82. The summed E-state index contributed by atoms with van der Waals surface area (Å²) < 4.78 is 5.78. The average molecular weight is 451 g/mol. The smallest absolute Gasteiger partial charge is 0.260 e. The lowest BCUT2D eigenvalue weighted by Gasteiger charge is -2.31. The molecule has 4 rings (SSSR count). The highest BCUT2D eigenvalue weighted by Crippen LogP contribution is 2.23. The fourth-order valence-electron chi connectivity index (χ4n) is 4.41. The van der Waals surface area contributed by atoms with Gasteiger partial charge in [-0.15, -0.1) is 0 Å². The Bertz CT molecular complexity index is 931. The molecule has 2 amide bonds. The number of hydrogen-bond acceptors (Lipinski definition) is 5. The molecule has 2 saturated heterocycles. The van der Waals surface area contributed by atoms with Crippen LogP contribution in [0.3, 0.4) is 0 Å². The number of aromatic nitrogens is 1. The van der Waals surface area contributed by atoms with Crippen molar-refractivity contribution in [3.8, 4) is 5.75 Å². The number of nitrogens with zero attached hydrogens (tertiary/aromatic N) is 3. The van der Waals surface area contributed by atoms with Gasteiger partial charge in [-0.25, -0.2) is 4.98 Å². The maximum Gasteiger partial charge on any atom is 0.260 e. The maximum absolute atomic E-state index is 12.9. The molecule has 0 unspecified atom stereocenters. The van der Waals surface area contributed by atoms with E-state index in [1.54, 1.807) is 30.5 Å². The van der Waals surface area contributed by atoms with Gasteiger partial charge in [-0.2, -0.15) is 0 Å². The van der Waals surface area contributed by atoms with E-state index >= 15 is 0 Å². The number of nitrogens with one attached hydrogen (secondary N) is 1. The van der Waals surface area contributed by atoms with Crippen molar-refractivity contribution in [1.82, 2.24) is 9.88 Å². The van der Waals surface area contributed by atoms with Crippen LogP contribution < -0.4 is 15.0 Å². The molecule has 0 aliphatic carbocycles. The molecule has 33 heavy (non-hydrogen) atoms. The van der Waals surface area contributed by atoms with Crippen molar-refractivity contribution < 1.29 is 14.3 Å². The van der Waals surface area contributed by atoms with Crippen LogP contribution >= 0.6 is 0 Å². The van der Waals surface area contributed by atoms with Crippen LogP contribution in [0.1, 0.15) is 55.8 Å². The summed E-state index contributed by atoms with van der Waals surface area (Å²) in [6, 6.07) is 10.9. The molecule has 0 radical (unpaired) electrons. The first-order valence-corrected chi connectivity index (χ1v) is 12.1. The Kier molecular flexibility index (Phi) is 7.81. The predicted octanol–water partition coefficient (Wildman–Crippen LogP) is 4.35. The number of likely N-dealkylation sites (tertiary alicyclic amines) is 1. The van der Waals surface area contributed by atoms with E-state index in [1.807, 2.05) is 17.0 Å². The van der Waals surface area contributed by atoms with Crippen molar-refractivity contribution in [3.63, 3.8) is 0 Å². The SMILES string of the molecule is CC1CCN(c2ccc(NC(=O)c3ccccc3OCC(=O)N3CCCCCC3)cn2)CC1. The summed E-state index contributed by atoms with van der Waals surface area (Å²) in [7, 11) is 0. The Morgan fingerprint density at radius 2 is 1.73 bits per heavy atom. The summed E-state index contributed by atoms with van der Waals surface area (Å²) >= 11 is 0. The standard InChI is InChI=1S/C26H34N4O3/c1-20-12-16-29(17-13-20)24-11-10-21(18-27-24)28-26(32)22-8-4-5-9-23(22)33-19-25(31)30-14-6-2-3-7-15-30/h4-5,8-11,18,20H,2-3,6-7,12-17,19H2,1H3,(H,28,32). The van der Waals surface area contributed by atoms with E-state index in [1.165, 1.54) is 25.7 Å². The number of amides is 2. The lowest BCUT2D eigenvalue weighted by Crippen LogP contribution is -2.35. The van der Waals surface area contributed by atoms with Gasteiger partial charge in [0.2, 0.25) is 0 Å². The molecule has 0 spiro atoms. The van der Waals surface area contributed by atoms with Crippen molar-refractivity contribution in [2.45, 2.75) is 45.4 Å². The van der Waals surface area contributed by atoms with E-state index in [0.29, 0.717) is 17.0 Å².